The van der Waals surface area contributed by atoms with Crippen LogP contribution in [0.1, 0.15) is 37.8 Å². The highest BCUT2D eigenvalue weighted by Crippen LogP contribution is 2.18. The molecule has 0 atom stereocenters. The molecule has 0 saturated heterocycles. The Bertz CT molecular complexity index is 468. The summed E-state index contributed by atoms with van der Waals surface area (Å²) in [6, 6.07) is 13.0. The number of nitrogens with zero attached hydrogens (tertiary/aromatic N) is 1. The van der Waals surface area contributed by atoms with E-state index in [1.54, 1.807) is 0 Å². The van der Waals surface area contributed by atoms with Crippen molar-refractivity contribution in [2.75, 3.05) is 0 Å². The van der Waals surface area contributed by atoms with Gasteiger partial charge in [-0.15, -0.1) is 0 Å². The van der Waals surface area contributed by atoms with Crippen molar-refractivity contribution in [3.8, 4) is 11.3 Å². The van der Waals surface area contributed by atoms with Gasteiger partial charge in [-0.05, 0) is 36.5 Å². The summed E-state index contributed by atoms with van der Waals surface area (Å²) in [5, 5.41) is 0. The van der Waals surface area contributed by atoms with Gasteiger partial charge in [-0.2, -0.15) is 0 Å². The van der Waals surface area contributed by atoms with Gasteiger partial charge in [0.1, 0.15) is 0 Å². The van der Waals surface area contributed by atoms with Crippen LogP contribution in [-0.4, -0.2) is 4.98 Å². The van der Waals surface area contributed by atoms with Crippen LogP contribution < -0.4 is 0 Å². The van der Waals surface area contributed by atoms with Gasteiger partial charge in [-0.25, -0.2) is 0 Å². The average Bonchev–Trinajstić information content (AvgIpc) is 2.46. The molecular formula is C17H21N. The molecular weight excluding hydrogens is 218 g/mol. The minimum Gasteiger partial charge on any atom is -0.256 e. The van der Waals surface area contributed by atoms with Gasteiger partial charge < -0.3 is 0 Å². The summed E-state index contributed by atoms with van der Waals surface area (Å²) in [7, 11) is 0. The zero-order valence-corrected chi connectivity index (χ0v) is 11.3. The third kappa shape index (κ3) is 3.19. The van der Waals surface area contributed by atoms with E-state index in [-0.39, 0.29) is 0 Å². The van der Waals surface area contributed by atoms with Crippen LogP contribution in [0, 0.1) is 0 Å². The maximum atomic E-state index is 4.56. The Kier molecular flexibility index (Phi) is 4.52. The Morgan fingerprint density at radius 2 is 1.61 bits per heavy atom. The monoisotopic (exact) mass is 239 g/mol. The molecule has 1 aromatic carbocycles. The van der Waals surface area contributed by atoms with Crippen LogP contribution in [0.25, 0.3) is 11.3 Å². The SMILES string of the molecule is CCCCc1ccc(-c2ccc(CC)cc2)nc1. The number of hydrogen-bond acceptors (Lipinski definition) is 1. The van der Waals surface area contributed by atoms with Crippen molar-refractivity contribution in [3.05, 3.63) is 53.7 Å². The van der Waals surface area contributed by atoms with Crippen molar-refractivity contribution in [2.45, 2.75) is 39.5 Å². The Morgan fingerprint density at radius 3 is 2.17 bits per heavy atom. The normalized spacial score (nSPS) is 10.6. The quantitative estimate of drug-likeness (QED) is 0.740. The van der Waals surface area contributed by atoms with Crippen LogP contribution >= 0.6 is 0 Å². The van der Waals surface area contributed by atoms with E-state index in [2.05, 4.69) is 55.2 Å². The van der Waals surface area contributed by atoms with Gasteiger partial charge in [0.05, 0.1) is 5.69 Å². The fourth-order valence-electron chi connectivity index (χ4n) is 2.04. The Labute approximate surface area is 110 Å². The maximum absolute atomic E-state index is 4.56. The first kappa shape index (κ1) is 12.8. The third-order valence-electron chi connectivity index (χ3n) is 3.30. The van der Waals surface area contributed by atoms with E-state index in [9.17, 15) is 0 Å². The molecule has 0 unspecified atom stereocenters. The molecule has 0 saturated carbocycles. The molecule has 1 aromatic heterocycles. The molecule has 0 aliphatic heterocycles. The van der Waals surface area contributed by atoms with Gasteiger partial charge in [0, 0.05) is 11.8 Å². The number of aromatic nitrogens is 1. The minimum atomic E-state index is 1.07. The van der Waals surface area contributed by atoms with Crippen molar-refractivity contribution in [1.82, 2.24) is 4.98 Å². The van der Waals surface area contributed by atoms with Crippen molar-refractivity contribution in [1.29, 1.82) is 0 Å². The van der Waals surface area contributed by atoms with Crippen molar-refractivity contribution in [3.63, 3.8) is 0 Å². The first-order valence-corrected chi connectivity index (χ1v) is 6.87. The van der Waals surface area contributed by atoms with E-state index >= 15 is 0 Å². The topological polar surface area (TPSA) is 12.9 Å². The highest BCUT2D eigenvalue weighted by Gasteiger charge is 2.00. The van der Waals surface area contributed by atoms with Crippen LogP contribution in [0.5, 0.6) is 0 Å². The Hall–Kier alpha value is -1.63. The molecule has 18 heavy (non-hydrogen) atoms. The molecule has 1 heterocycles. The highest BCUT2D eigenvalue weighted by atomic mass is 14.7. The lowest BCUT2D eigenvalue weighted by Crippen LogP contribution is -1.89. The van der Waals surface area contributed by atoms with E-state index in [1.165, 1.54) is 29.5 Å². The average molecular weight is 239 g/mol. The number of rotatable bonds is 5. The van der Waals surface area contributed by atoms with Crippen molar-refractivity contribution < 1.29 is 0 Å². The lowest BCUT2D eigenvalue weighted by atomic mass is 10.1. The predicted octanol–water partition coefficient (Wildman–Crippen LogP) is 4.65. The summed E-state index contributed by atoms with van der Waals surface area (Å²) in [6.45, 7) is 4.40. The van der Waals surface area contributed by atoms with Gasteiger partial charge in [0.15, 0.2) is 0 Å². The first-order chi connectivity index (χ1) is 8.83. The Balaban J connectivity index is 2.12. The Morgan fingerprint density at radius 1 is 0.889 bits per heavy atom. The zero-order valence-electron chi connectivity index (χ0n) is 11.3. The van der Waals surface area contributed by atoms with E-state index < -0.39 is 0 Å². The number of hydrogen-bond donors (Lipinski definition) is 0. The van der Waals surface area contributed by atoms with Crippen LogP contribution in [0.15, 0.2) is 42.6 Å². The molecule has 0 radical (unpaired) electrons. The molecule has 0 spiro atoms. The number of aryl methyl sites for hydroxylation is 2. The van der Waals surface area contributed by atoms with Crippen LogP contribution in [0.4, 0.5) is 0 Å². The van der Waals surface area contributed by atoms with Gasteiger partial charge in [0.25, 0.3) is 0 Å². The van der Waals surface area contributed by atoms with Gasteiger partial charge >= 0.3 is 0 Å². The summed E-state index contributed by atoms with van der Waals surface area (Å²) in [5.41, 5.74) is 4.98. The molecule has 94 valence electrons. The second-order valence-corrected chi connectivity index (χ2v) is 4.71. The maximum Gasteiger partial charge on any atom is 0.0702 e. The molecule has 1 nitrogen and oxygen atoms in total. The van der Waals surface area contributed by atoms with Crippen molar-refractivity contribution in [2.24, 2.45) is 0 Å². The van der Waals surface area contributed by atoms with E-state index in [0.717, 1.165) is 18.5 Å². The minimum absolute atomic E-state index is 1.07. The first-order valence-electron chi connectivity index (χ1n) is 6.87. The van der Waals surface area contributed by atoms with E-state index in [1.807, 2.05) is 6.20 Å². The lowest BCUT2D eigenvalue weighted by molar-refractivity contribution is 0.792. The molecule has 0 bridgehead atoms. The second kappa shape index (κ2) is 6.34. The van der Waals surface area contributed by atoms with Crippen LogP contribution in [-0.2, 0) is 12.8 Å². The standard InChI is InChI=1S/C17H21N/c1-3-5-6-15-9-12-17(18-13-15)16-10-7-14(4-2)8-11-16/h7-13H,3-6H2,1-2H3. The number of benzene rings is 1. The smallest absolute Gasteiger partial charge is 0.0702 e. The molecule has 0 fully saturated rings. The second-order valence-electron chi connectivity index (χ2n) is 4.71. The van der Waals surface area contributed by atoms with Gasteiger partial charge in [-0.1, -0.05) is 50.6 Å². The summed E-state index contributed by atoms with van der Waals surface area (Å²) in [5.74, 6) is 0. The van der Waals surface area contributed by atoms with E-state index in [0.29, 0.717) is 0 Å². The fraction of sp³-hybridized carbons (Fsp3) is 0.353. The summed E-state index contributed by atoms with van der Waals surface area (Å²) in [6.07, 6.45) is 6.72. The van der Waals surface area contributed by atoms with Crippen LogP contribution in [0.2, 0.25) is 0 Å². The number of pyridine rings is 1. The predicted molar refractivity (Wildman–Crippen MR) is 77.7 cm³/mol. The molecule has 0 N–H and O–H groups in total. The largest absolute Gasteiger partial charge is 0.256 e. The number of unbranched alkanes of at least 4 members (excludes halogenated alkanes) is 1. The fourth-order valence-corrected chi connectivity index (χ4v) is 2.04. The third-order valence-corrected chi connectivity index (χ3v) is 3.30. The molecule has 2 aromatic rings. The van der Waals surface area contributed by atoms with Gasteiger partial charge in [0.2, 0.25) is 0 Å². The molecule has 0 aliphatic rings. The summed E-state index contributed by atoms with van der Waals surface area (Å²) < 4.78 is 0. The lowest BCUT2D eigenvalue weighted by Gasteiger charge is -2.04. The van der Waals surface area contributed by atoms with Gasteiger partial charge in [-0.3, -0.25) is 4.98 Å². The van der Waals surface area contributed by atoms with Crippen molar-refractivity contribution >= 4 is 0 Å². The summed E-state index contributed by atoms with van der Waals surface area (Å²) >= 11 is 0. The highest BCUT2D eigenvalue weighted by molar-refractivity contribution is 5.59. The van der Waals surface area contributed by atoms with E-state index in [4.69, 9.17) is 0 Å². The molecule has 0 aliphatic carbocycles. The summed E-state index contributed by atoms with van der Waals surface area (Å²) in [4.78, 5) is 4.56. The van der Waals surface area contributed by atoms with Crippen LogP contribution in [0.3, 0.4) is 0 Å². The molecule has 1 heteroatoms. The zero-order chi connectivity index (χ0) is 12.8. The molecule has 2 rings (SSSR count). The molecule has 0 amide bonds.